The SMILES string of the molecule is COC(=O)Nc1cccc(NC(=O)NCCc2cccs2)c1. The fourth-order valence-corrected chi connectivity index (χ4v) is 2.48. The van der Waals surface area contributed by atoms with Crippen LogP contribution in [0.25, 0.3) is 0 Å². The highest BCUT2D eigenvalue weighted by molar-refractivity contribution is 7.09. The van der Waals surface area contributed by atoms with E-state index in [1.54, 1.807) is 35.6 Å². The van der Waals surface area contributed by atoms with E-state index in [0.29, 0.717) is 17.9 Å². The summed E-state index contributed by atoms with van der Waals surface area (Å²) in [6.45, 7) is 0.562. The molecule has 22 heavy (non-hydrogen) atoms. The summed E-state index contributed by atoms with van der Waals surface area (Å²) in [5.41, 5.74) is 1.13. The summed E-state index contributed by atoms with van der Waals surface area (Å²) in [6, 6.07) is 10.6. The van der Waals surface area contributed by atoms with Crippen molar-refractivity contribution in [3.8, 4) is 0 Å². The summed E-state index contributed by atoms with van der Waals surface area (Å²) >= 11 is 1.66. The number of urea groups is 1. The van der Waals surface area contributed by atoms with Crippen LogP contribution in [0.2, 0.25) is 0 Å². The third-order valence-electron chi connectivity index (χ3n) is 2.79. The standard InChI is InChI=1S/C15H17N3O3S/c1-21-15(20)18-12-5-2-4-11(10-12)17-14(19)16-8-7-13-6-3-9-22-13/h2-6,9-10H,7-8H2,1H3,(H,18,20)(H2,16,17,19). The van der Waals surface area contributed by atoms with Gasteiger partial charge in [0, 0.05) is 22.8 Å². The average Bonchev–Trinajstić information content (AvgIpc) is 3.00. The summed E-state index contributed by atoms with van der Waals surface area (Å²) in [5.74, 6) is 0. The molecule has 1 aromatic carbocycles. The molecule has 0 saturated heterocycles. The Morgan fingerprint density at radius 3 is 2.59 bits per heavy atom. The highest BCUT2D eigenvalue weighted by atomic mass is 32.1. The molecule has 1 heterocycles. The molecular weight excluding hydrogens is 302 g/mol. The van der Waals surface area contributed by atoms with Crippen LogP contribution in [0.3, 0.4) is 0 Å². The fraction of sp³-hybridized carbons (Fsp3) is 0.200. The molecule has 0 atom stereocenters. The van der Waals surface area contributed by atoms with Crippen molar-refractivity contribution in [2.24, 2.45) is 0 Å². The molecule has 1 aromatic heterocycles. The summed E-state index contributed by atoms with van der Waals surface area (Å²) < 4.78 is 4.51. The van der Waals surface area contributed by atoms with Gasteiger partial charge in [0.2, 0.25) is 0 Å². The normalized spacial score (nSPS) is 9.86. The number of methoxy groups -OCH3 is 1. The lowest BCUT2D eigenvalue weighted by Crippen LogP contribution is -2.30. The molecule has 0 bridgehead atoms. The van der Waals surface area contributed by atoms with E-state index in [1.165, 1.54) is 12.0 Å². The van der Waals surface area contributed by atoms with Crippen LogP contribution in [-0.2, 0) is 11.2 Å². The molecular formula is C15H17N3O3S. The average molecular weight is 319 g/mol. The van der Waals surface area contributed by atoms with Gasteiger partial charge in [-0.1, -0.05) is 12.1 Å². The number of amides is 3. The van der Waals surface area contributed by atoms with Gasteiger partial charge in [-0.3, -0.25) is 5.32 Å². The van der Waals surface area contributed by atoms with E-state index in [4.69, 9.17) is 0 Å². The maximum atomic E-state index is 11.8. The van der Waals surface area contributed by atoms with Crippen molar-refractivity contribution >= 4 is 34.8 Å². The van der Waals surface area contributed by atoms with Crippen LogP contribution in [0.1, 0.15) is 4.88 Å². The van der Waals surface area contributed by atoms with Gasteiger partial charge in [0.25, 0.3) is 0 Å². The Bertz CT molecular complexity index is 629. The molecule has 3 amide bonds. The monoisotopic (exact) mass is 319 g/mol. The lowest BCUT2D eigenvalue weighted by atomic mass is 10.3. The fourth-order valence-electron chi connectivity index (χ4n) is 1.77. The van der Waals surface area contributed by atoms with Gasteiger partial charge in [-0.05, 0) is 36.1 Å². The number of benzene rings is 1. The van der Waals surface area contributed by atoms with E-state index in [1.807, 2.05) is 17.5 Å². The van der Waals surface area contributed by atoms with Crippen molar-refractivity contribution in [3.05, 3.63) is 46.7 Å². The highest BCUT2D eigenvalue weighted by Crippen LogP contribution is 2.15. The number of hydrogen-bond donors (Lipinski definition) is 3. The van der Waals surface area contributed by atoms with Gasteiger partial charge >= 0.3 is 12.1 Å². The first-order chi connectivity index (χ1) is 10.7. The zero-order valence-corrected chi connectivity index (χ0v) is 12.9. The van der Waals surface area contributed by atoms with Gasteiger partial charge in [0.15, 0.2) is 0 Å². The number of thiophene rings is 1. The Labute approximate surface area is 132 Å². The predicted octanol–water partition coefficient (Wildman–Crippen LogP) is 3.29. The van der Waals surface area contributed by atoms with E-state index in [0.717, 1.165) is 6.42 Å². The topological polar surface area (TPSA) is 79.5 Å². The zero-order valence-electron chi connectivity index (χ0n) is 12.1. The van der Waals surface area contributed by atoms with Crippen LogP contribution in [0.5, 0.6) is 0 Å². The second kappa shape index (κ2) is 8.04. The van der Waals surface area contributed by atoms with Gasteiger partial charge in [-0.2, -0.15) is 0 Å². The van der Waals surface area contributed by atoms with Crippen molar-refractivity contribution in [1.29, 1.82) is 0 Å². The van der Waals surface area contributed by atoms with Gasteiger partial charge < -0.3 is 15.4 Å². The summed E-state index contributed by atoms with van der Waals surface area (Å²) in [5, 5.41) is 10.0. The number of carbonyl (C=O) groups excluding carboxylic acids is 2. The highest BCUT2D eigenvalue weighted by Gasteiger charge is 2.04. The van der Waals surface area contributed by atoms with Crippen molar-refractivity contribution in [3.63, 3.8) is 0 Å². The first-order valence-electron chi connectivity index (χ1n) is 6.69. The molecule has 0 aliphatic rings. The minimum absolute atomic E-state index is 0.285. The van der Waals surface area contributed by atoms with Crippen molar-refractivity contribution in [2.75, 3.05) is 24.3 Å². The van der Waals surface area contributed by atoms with E-state index in [-0.39, 0.29) is 6.03 Å². The summed E-state index contributed by atoms with van der Waals surface area (Å²) in [7, 11) is 1.29. The Balaban J connectivity index is 1.80. The van der Waals surface area contributed by atoms with Gasteiger partial charge in [-0.15, -0.1) is 11.3 Å². The maximum absolute atomic E-state index is 11.8. The molecule has 0 unspecified atom stereocenters. The van der Waals surface area contributed by atoms with Crippen LogP contribution in [0.15, 0.2) is 41.8 Å². The molecule has 7 heteroatoms. The van der Waals surface area contributed by atoms with Gasteiger partial charge in [0.05, 0.1) is 7.11 Å². The zero-order chi connectivity index (χ0) is 15.8. The number of rotatable bonds is 5. The van der Waals surface area contributed by atoms with Gasteiger partial charge in [0.1, 0.15) is 0 Å². The third-order valence-corrected chi connectivity index (χ3v) is 3.73. The summed E-state index contributed by atoms with van der Waals surface area (Å²) in [4.78, 5) is 24.2. The first-order valence-corrected chi connectivity index (χ1v) is 7.57. The molecule has 0 spiro atoms. The molecule has 3 N–H and O–H groups in total. The first kappa shape index (κ1) is 15.8. The lowest BCUT2D eigenvalue weighted by Gasteiger charge is -2.09. The lowest BCUT2D eigenvalue weighted by molar-refractivity contribution is 0.187. The molecule has 2 aromatic rings. The van der Waals surface area contributed by atoms with Crippen LogP contribution < -0.4 is 16.0 Å². The number of carbonyl (C=O) groups is 2. The maximum Gasteiger partial charge on any atom is 0.411 e. The number of hydrogen-bond acceptors (Lipinski definition) is 4. The van der Waals surface area contributed by atoms with E-state index < -0.39 is 6.09 Å². The number of nitrogens with one attached hydrogen (secondary N) is 3. The van der Waals surface area contributed by atoms with Crippen LogP contribution in [0, 0.1) is 0 Å². The summed E-state index contributed by atoms with van der Waals surface area (Å²) in [6.07, 6.45) is 0.243. The smallest absolute Gasteiger partial charge is 0.411 e. The molecule has 6 nitrogen and oxygen atoms in total. The van der Waals surface area contributed by atoms with Gasteiger partial charge in [-0.25, -0.2) is 9.59 Å². The second-order valence-electron chi connectivity index (χ2n) is 4.41. The van der Waals surface area contributed by atoms with Crippen LogP contribution in [-0.4, -0.2) is 25.8 Å². The number of anilines is 2. The molecule has 0 radical (unpaired) electrons. The Morgan fingerprint density at radius 2 is 1.91 bits per heavy atom. The molecule has 0 aliphatic heterocycles. The Kier molecular flexibility index (Phi) is 5.79. The largest absolute Gasteiger partial charge is 0.453 e. The molecule has 0 fully saturated rings. The molecule has 0 saturated carbocycles. The number of ether oxygens (including phenoxy) is 1. The molecule has 0 aliphatic carbocycles. The van der Waals surface area contributed by atoms with Crippen LogP contribution >= 0.6 is 11.3 Å². The quantitative estimate of drug-likeness (QED) is 0.791. The van der Waals surface area contributed by atoms with Crippen LogP contribution in [0.4, 0.5) is 21.0 Å². The third kappa shape index (κ3) is 5.10. The van der Waals surface area contributed by atoms with E-state index in [2.05, 4.69) is 20.7 Å². The van der Waals surface area contributed by atoms with Crippen molar-refractivity contribution < 1.29 is 14.3 Å². The van der Waals surface area contributed by atoms with E-state index in [9.17, 15) is 9.59 Å². The minimum atomic E-state index is -0.558. The molecule has 116 valence electrons. The Morgan fingerprint density at radius 1 is 1.14 bits per heavy atom. The molecule has 2 rings (SSSR count). The predicted molar refractivity (Wildman–Crippen MR) is 87.5 cm³/mol. The van der Waals surface area contributed by atoms with Crippen molar-refractivity contribution in [1.82, 2.24) is 5.32 Å². The second-order valence-corrected chi connectivity index (χ2v) is 5.44. The minimum Gasteiger partial charge on any atom is -0.453 e. The Hall–Kier alpha value is -2.54. The van der Waals surface area contributed by atoms with Crippen molar-refractivity contribution in [2.45, 2.75) is 6.42 Å². The van der Waals surface area contributed by atoms with E-state index >= 15 is 0 Å².